The molecule has 7 nitrogen and oxygen atoms in total. The molecule has 0 radical (unpaired) electrons. The molecule has 0 bridgehead atoms. The maximum Gasteiger partial charge on any atom is 0.325 e. The van der Waals surface area contributed by atoms with Crippen LogP contribution in [0.2, 0.25) is 0 Å². The SMILES string of the molecule is CCN(CC)S(=O)(=O)c1cnn(CC(=O)O)c1. The molecule has 96 valence electrons. The molecule has 0 aromatic carbocycles. The molecule has 0 aliphatic carbocycles. The first-order valence-corrected chi connectivity index (χ1v) is 6.60. The fourth-order valence-electron chi connectivity index (χ4n) is 1.42. The number of sulfonamides is 1. The minimum atomic E-state index is -3.56. The van der Waals surface area contributed by atoms with Gasteiger partial charge < -0.3 is 5.11 Å². The van der Waals surface area contributed by atoms with Gasteiger partial charge in [0.1, 0.15) is 11.4 Å². The largest absolute Gasteiger partial charge is 0.480 e. The average molecular weight is 261 g/mol. The van der Waals surface area contributed by atoms with Crippen molar-refractivity contribution in [3.8, 4) is 0 Å². The zero-order valence-electron chi connectivity index (χ0n) is 9.70. The molecule has 1 aromatic heterocycles. The lowest BCUT2D eigenvalue weighted by atomic mass is 10.6. The molecule has 0 atom stereocenters. The predicted octanol–water partition coefficient (Wildman–Crippen LogP) is -0.00180. The average Bonchev–Trinajstić information content (AvgIpc) is 2.67. The summed E-state index contributed by atoms with van der Waals surface area (Å²) in [6.07, 6.45) is 2.39. The van der Waals surface area contributed by atoms with Gasteiger partial charge in [-0.1, -0.05) is 13.8 Å². The second-order valence-electron chi connectivity index (χ2n) is 3.36. The number of aromatic nitrogens is 2. The highest BCUT2D eigenvalue weighted by molar-refractivity contribution is 7.89. The quantitative estimate of drug-likeness (QED) is 0.778. The maximum absolute atomic E-state index is 12.0. The van der Waals surface area contributed by atoms with E-state index in [-0.39, 0.29) is 11.4 Å². The number of nitrogens with zero attached hydrogens (tertiary/aromatic N) is 3. The second-order valence-corrected chi connectivity index (χ2v) is 5.29. The van der Waals surface area contributed by atoms with Gasteiger partial charge in [0.15, 0.2) is 0 Å². The normalized spacial score (nSPS) is 11.9. The van der Waals surface area contributed by atoms with Gasteiger partial charge >= 0.3 is 5.97 Å². The third-order valence-electron chi connectivity index (χ3n) is 2.25. The maximum atomic E-state index is 12.0. The summed E-state index contributed by atoms with van der Waals surface area (Å²) >= 11 is 0. The van der Waals surface area contributed by atoms with Crippen LogP contribution in [0.3, 0.4) is 0 Å². The molecule has 0 saturated carbocycles. The predicted molar refractivity (Wildman–Crippen MR) is 60.0 cm³/mol. The van der Waals surface area contributed by atoms with E-state index in [1.54, 1.807) is 13.8 Å². The third kappa shape index (κ3) is 3.04. The van der Waals surface area contributed by atoms with E-state index in [4.69, 9.17) is 5.11 Å². The highest BCUT2D eigenvalue weighted by Crippen LogP contribution is 2.13. The summed E-state index contributed by atoms with van der Waals surface area (Å²) in [5, 5.41) is 12.3. The number of carbonyl (C=O) groups is 1. The lowest BCUT2D eigenvalue weighted by molar-refractivity contribution is -0.137. The molecule has 1 aromatic rings. The summed E-state index contributed by atoms with van der Waals surface area (Å²) in [6.45, 7) is 3.85. The lowest BCUT2D eigenvalue weighted by Crippen LogP contribution is -2.30. The number of rotatable bonds is 6. The van der Waals surface area contributed by atoms with Gasteiger partial charge in [-0.2, -0.15) is 9.40 Å². The van der Waals surface area contributed by atoms with Crippen LogP contribution >= 0.6 is 0 Å². The van der Waals surface area contributed by atoms with E-state index < -0.39 is 16.0 Å². The number of hydrogen-bond acceptors (Lipinski definition) is 4. The zero-order chi connectivity index (χ0) is 13.1. The molecule has 1 heterocycles. The van der Waals surface area contributed by atoms with Crippen LogP contribution in [0.1, 0.15) is 13.8 Å². The van der Waals surface area contributed by atoms with Crippen LogP contribution in [0.4, 0.5) is 0 Å². The van der Waals surface area contributed by atoms with E-state index in [0.29, 0.717) is 13.1 Å². The molecule has 0 saturated heterocycles. The lowest BCUT2D eigenvalue weighted by Gasteiger charge is -2.16. The van der Waals surface area contributed by atoms with E-state index in [1.165, 1.54) is 10.5 Å². The molecule has 0 aliphatic heterocycles. The molecule has 0 spiro atoms. The molecule has 0 unspecified atom stereocenters. The smallest absolute Gasteiger partial charge is 0.325 e. The summed E-state index contributed by atoms with van der Waals surface area (Å²) in [5.74, 6) is -1.07. The fourth-order valence-corrected chi connectivity index (χ4v) is 2.83. The monoisotopic (exact) mass is 261 g/mol. The molecule has 0 aliphatic rings. The standard InChI is InChI=1S/C9H15N3O4S/c1-3-12(4-2)17(15,16)8-5-10-11(6-8)7-9(13)14/h5-6H,3-4,7H2,1-2H3,(H,13,14). The summed E-state index contributed by atoms with van der Waals surface area (Å²) in [4.78, 5) is 10.5. The number of aliphatic carboxylic acids is 1. The van der Waals surface area contributed by atoms with E-state index in [1.807, 2.05) is 0 Å². The highest BCUT2D eigenvalue weighted by atomic mass is 32.2. The van der Waals surface area contributed by atoms with Gasteiger partial charge in [0.2, 0.25) is 10.0 Å². The van der Waals surface area contributed by atoms with Crippen LogP contribution in [0.25, 0.3) is 0 Å². The van der Waals surface area contributed by atoms with Crippen LogP contribution in [0, 0.1) is 0 Å². The van der Waals surface area contributed by atoms with Crippen LogP contribution in [-0.4, -0.2) is 46.7 Å². The van der Waals surface area contributed by atoms with E-state index in [0.717, 1.165) is 10.9 Å². The first-order valence-electron chi connectivity index (χ1n) is 5.16. The third-order valence-corrected chi connectivity index (χ3v) is 4.25. The van der Waals surface area contributed by atoms with Crippen molar-refractivity contribution in [1.29, 1.82) is 0 Å². The first kappa shape index (κ1) is 13.7. The Morgan fingerprint density at radius 3 is 2.53 bits per heavy atom. The van der Waals surface area contributed by atoms with E-state index >= 15 is 0 Å². The van der Waals surface area contributed by atoms with Gasteiger partial charge in [-0.05, 0) is 0 Å². The Labute approximate surface area is 99.7 Å². The van der Waals surface area contributed by atoms with Crippen molar-refractivity contribution in [2.75, 3.05) is 13.1 Å². The van der Waals surface area contributed by atoms with Crippen LogP contribution < -0.4 is 0 Å². The second kappa shape index (κ2) is 5.28. The summed E-state index contributed by atoms with van der Waals surface area (Å²) in [7, 11) is -3.56. The Balaban J connectivity index is 3.00. The molecule has 0 fully saturated rings. The highest BCUT2D eigenvalue weighted by Gasteiger charge is 2.23. The van der Waals surface area contributed by atoms with Gasteiger partial charge in [-0.15, -0.1) is 0 Å². The molecule has 0 amide bonds. The van der Waals surface area contributed by atoms with Crippen LogP contribution in [-0.2, 0) is 21.4 Å². The van der Waals surface area contributed by atoms with Gasteiger partial charge in [-0.3, -0.25) is 9.48 Å². The van der Waals surface area contributed by atoms with Crippen molar-refractivity contribution in [3.63, 3.8) is 0 Å². The van der Waals surface area contributed by atoms with E-state index in [9.17, 15) is 13.2 Å². The molecular formula is C9H15N3O4S. The summed E-state index contributed by atoms with van der Waals surface area (Å²) in [5.41, 5.74) is 0. The minimum Gasteiger partial charge on any atom is -0.480 e. The molecule has 1 rings (SSSR count). The van der Waals surface area contributed by atoms with Crippen molar-refractivity contribution >= 4 is 16.0 Å². The topological polar surface area (TPSA) is 92.5 Å². The van der Waals surface area contributed by atoms with Crippen molar-refractivity contribution in [3.05, 3.63) is 12.4 Å². The Bertz CT molecular complexity index is 490. The van der Waals surface area contributed by atoms with Gasteiger partial charge in [0.05, 0.1) is 6.20 Å². The van der Waals surface area contributed by atoms with Crippen molar-refractivity contribution in [2.24, 2.45) is 0 Å². The van der Waals surface area contributed by atoms with Crippen molar-refractivity contribution in [1.82, 2.24) is 14.1 Å². The number of hydrogen-bond donors (Lipinski definition) is 1. The minimum absolute atomic E-state index is 0.0162. The number of carboxylic acids is 1. The number of carboxylic acid groups (broad SMARTS) is 1. The van der Waals surface area contributed by atoms with Crippen molar-refractivity contribution in [2.45, 2.75) is 25.3 Å². The van der Waals surface area contributed by atoms with Gasteiger partial charge in [0.25, 0.3) is 0 Å². The molecule has 1 N–H and O–H groups in total. The zero-order valence-corrected chi connectivity index (χ0v) is 10.5. The molecule has 17 heavy (non-hydrogen) atoms. The summed E-state index contributed by atoms with van der Waals surface area (Å²) in [6, 6.07) is 0. The van der Waals surface area contributed by atoms with Crippen LogP contribution in [0.5, 0.6) is 0 Å². The Morgan fingerprint density at radius 1 is 1.47 bits per heavy atom. The summed E-state index contributed by atoms with van der Waals surface area (Å²) < 4.78 is 26.4. The van der Waals surface area contributed by atoms with Gasteiger partial charge in [-0.25, -0.2) is 8.42 Å². The Hall–Kier alpha value is -1.41. The first-order chi connectivity index (χ1) is 7.91. The van der Waals surface area contributed by atoms with Gasteiger partial charge in [0, 0.05) is 19.3 Å². The fraction of sp³-hybridized carbons (Fsp3) is 0.556. The molecule has 8 heteroatoms. The Kier molecular flexibility index (Phi) is 4.24. The molecular weight excluding hydrogens is 246 g/mol. The van der Waals surface area contributed by atoms with E-state index in [2.05, 4.69) is 5.10 Å². The van der Waals surface area contributed by atoms with Crippen LogP contribution in [0.15, 0.2) is 17.3 Å². The Morgan fingerprint density at radius 2 is 2.06 bits per heavy atom. The van der Waals surface area contributed by atoms with Crippen molar-refractivity contribution < 1.29 is 18.3 Å².